The lowest BCUT2D eigenvalue weighted by atomic mass is 10.1. The number of hydrogen-bond acceptors (Lipinski definition) is 5. The summed E-state index contributed by atoms with van der Waals surface area (Å²) in [5.74, 6) is 0.756. The Morgan fingerprint density at radius 2 is 1.96 bits per heavy atom. The summed E-state index contributed by atoms with van der Waals surface area (Å²) in [5.41, 5.74) is 2.50. The Balaban J connectivity index is 1.87. The molecule has 0 unspecified atom stereocenters. The van der Waals surface area contributed by atoms with Crippen LogP contribution >= 0.6 is 0 Å². The smallest absolute Gasteiger partial charge is 0.167 e. The summed E-state index contributed by atoms with van der Waals surface area (Å²) in [6.07, 6.45) is 2.73. The second-order valence-electron chi connectivity index (χ2n) is 6.24. The van der Waals surface area contributed by atoms with Gasteiger partial charge in [0.25, 0.3) is 0 Å². The molecule has 2 aromatic carbocycles. The molecule has 0 atom stereocenters. The van der Waals surface area contributed by atoms with Crippen LogP contribution in [0.1, 0.15) is 17.7 Å². The van der Waals surface area contributed by atoms with E-state index in [1.165, 1.54) is 0 Å². The summed E-state index contributed by atoms with van der Waals surface area (Å²) < 4.78 is 11.2. The molecular formula is C21H21N3O2. The van der Waals surface area contributed by atoms with Gasteiger partial charge >= 0.3 is 0 Å². The highest BCUT2D eigenvalue weighted by Crippen LogP contribution is 2.28. The maximum Gasteiger partial charge on any atom is 0.167 e. The lowest BCUT2D eigenvalue weighted by molar-refractivity contribution is 0.281. The Hall–Kier alpha value is -3.10. The van der Waals surface area contributed by atoms with E-state index in [0.29, 0.717) is 23.5 Å². The van der Waals surface area contributed by atoms with Gasteiger partial charge in [0.2, 0.25) is 0 Å². The standard InChI is InChI=1S/C21H21N3O2/c1-24(2)12-7-13-25-19-10-5-3-8-16(19)14-17(15-22)21-18-9-4-6-11-20(18)26-23-21/h3-6,8-11,14H,7,12-13H2,1-2H3/b17-14+. The van der Waals surface area contributed by atoms with Crippen molar-refractivity contribution in [3.8, 4) is 11.8 Å². The SMILES string of the molecule is CN(C)CCCOc1ccccc1/C=C(\C#N)c1noc2ccccc12. The zero-order chi connectivity index (χ0) is 18.4. The minimum atomic E-state index is 0.444. The van der Waals surface area contributed by atoms with E-state index < -0.39 is 0 Å². The van der Waals surface area contributed by atoms with E-state index in [4.69, 9.17) is 9.26 Å². The summed E-state index contributed by atoms with van der Waals surface area (Å²) in [4.78, 5) is 2.12. The number of allylic oxidation sites excluding steroid dienone is 1. The summed E-state index contributed by atoms with van der Waals surface area (Å²) in [6, 6.07) is 17.4. The summed E-state index contributed by atoms with van der Waals surface area (Å²) >= 11 is 0. The van der Waals surface area contributed by atoms with Crippen molar-refractivity contribution in [3.05, 3.63) is 59.8 Å². The van der Waals surface area contributed by atoms with Crippen LogP contribution in [0.25, 0.3) is 22.6 Å². The molecule has 0 saturated heterocycles. The molecule has 132 valence electrons. The molecule has 1 aromatic heterocycles. The predicted molar refractivity (Wildman–Crippen MR) is 103 cm³/mol. The van der Waals surface area contributed by atoms with Gasteiger partial charge in [0.1, 0.15) is 17.5 Å². The fourth-order valence-corrected chi connectivity index (χ4v) is 2.68. The molecule has 0 radical (unpaired) electrons. The Labute approximate surface area is 153 Å². The van der Waals surface area contributed by atoms with E-state index in [9.17, 15) is 5.26 Å². The molecule has 0 bridgehead atoms. The van der Waals surface area contributed by atoms with Gasteiger partial charge in [-0.25, -0.2) is 0 Å². The van der Waals surface area contributed by atoms with Crippen LogP contribution in [0.15, 0.2) is 53.1 Å². The van der Waals surface area contributed by atoms with Crippen molar-refractivity contribution >= 4 is 22.6 Å². The van der Waals surface area contributed by atoms with Crippen molar-refractivity contribution in [2.45, 2.75) is 6.42 Å². The molecule has 0 N–H and O–H groups in total. The topological polar surface area (TPSA) is 62.3 Å². The molecular weight excluding hydrogens is 326 g/mol. The molecule has 26 heavy (non-hydrogen) atoms. The van der Waals surface area contributed by atoms with Gasteiger partial charge in [-0.1, -0.05) is 35.5 Å². The number of ether oxygens (including phenoxy) is 1. The van der Waals surface area contributed by atoms with Gasteiger partial charge in [0.15, 0.2) is 5.58 Å². The molecule has 5 heteroatoms. The first-order chi connectivity index (χ1) is 12.7. The van der Waals surface area contributed by atoms with Crippen LogP contribution in [0.4, 0.5) is 0 Å². The monoisotopic (exact) mass is 347 g/mol. The van der Waals surface area contributed by atoms with Crippen molar-refractivity contribution in [2.75, 3.05) is 27.2 Å². The van der Waals surface area contributed by atoms with Crippen molar-refractivity contribution < 1.29 is 9.26 Å². The van der Waals surface area contributed by atoms with Crippen molar-refractivity contribution in [2.24, 2.45) is 0 Å². The molecule has 0 spiro atoms. The molecule has 0 amide bonds. The second-order valence-corrected chi connectivity index (χ2v) is 6.24. The van der Waals surface area contributed by atoms with E-state index in [-0.39, 0.29) is 0 Å². The largest absolute Gasteiger partial charge is 0.493 e. The second kappa shape index (κ2) is 8.32. The molecule has 0 aliphatic heterocycles. The van der Waals surface area contributed by atoms with Gasteiger partial charge in [-0.05, 0) is 44.8 Å². The minimum Gasteiger partial charge on any atom is -0.493 e. The maximum absolute atomic E-state index is 9.64. The third-order valence-corrected chi connectivity index (χ3v) is 3.98. The summed E-state index contributed by atoms with van der Waals surface area (Å²) in [6.45, 7) is 1.59. The number of fused-ring (bicyclic) bond motifs is 1. The zero-order valence-corrected chi connectivity index (χ0v) is 15.0. The van der Waals surface area contributed by atoms with Crippen LogP contribution in [0.2, 0.25) is 0 Å². The van der Waals surface area contributed by atoms with Crippen molar-refractivity contribution in [3.63, 3.8) is 0 Å². The van der Waals surface area contributed by atoms with Crippen LogP contribution in [-0.4, -0.2) is 37.3 Å². The summed E-state index contributed by atoms with van der Waals surface area (Å²) in [7, 11) is 4.08. The number of hydrogen-bond donors (Lipinski definition) is 0. The fraction of sp³-hybridized carbons (Fsp3) is 0.238. The van der Waals surface area contributed by atoms with Gasteiger partial charge < -0.3 is 14.2 Å². The molecule has 0 aliphatic rings. The first-order valence-electron chi connectivity index (χ1n) is 8.52. The number of rotatable bonds is 7. The van der Waals surface area contributed by atoms with Crippen LogP contribution in [-0.2, 0) is 0 Å². The van der Waals surface area contributed by atoms with Crippen molar-refractivity contribution in [1.29, 1.82) is 5.26 Å². The minimum absolute atomic E-state index is 0.444. The van der Waals surface area contributed by atoms with Gasteiger partial charge in [0.05, 0.1) is 17.6 Å². The van der Waals surface area contributed by atoms with Crippen LogP contribution < -0.4 is 4.74 Å². The van der Waals surface area contributed by atoms with E-state index in [1.54, 1.807) is 6.08 Å². The average molecular weight is 347 g/mol. The highest BCUT2D eigenvalue weighted by molar-refractivity contribution is 5.99. The fourth-order valence-electron chi connectivity index (χ4n) is 2.68. The highest BCUT2D eigenvalue weighted by atomic mass is 16.5. The van der Waals surface area contributed by atoms with E-state index >= 15 is 0 Å². The number of nitriles is 1. The Morgan fingerprint density at radius 1 is 1.19 bits per heavy atom. The Bertz CT molecular complexity index is 951. The molecule has 3 aromatic rings. The number of benzene rings is 2. The van der Waals surface area contributed by atoms with Crippen LogP contribution in [0, 0.1) is 11.3 Å². The van der Waals surface area contributed by atoms with Gasteiger partial charge in [0, 0.05) is 12.1 Å². The first-order valence-corrected chi connectivity index (χ1v) is 8.52. The van der Waals surface area contributed by atoms with E-state index in [2.05, 4.69) is 16.1 Å². The van der Waals surface area contributed by atoms with Crippen LogP contribution in [0.3, 0.4) is 0 Å². The van der Waals surface area contributed by atoms with Gasteiger partial charge in [-0.15, -0.1) is 0 Å². The van der Waals surface area contributed by atoms with E-state index in [0.717, 1.165) is 29.7 Å². The number of aromatic nitrogens is 1. The summed E-state index contributed by atoms with van der Waals surface area (Å²) in [5, 5.41) is 14.5. The van der Waals surface area contributed by atoms with Crippen molar-refractivity contribution in [1.82, 2.24) is 10.1 Å². The quantitative estimate of drug-likeness (QED) is 0.473. The molecule has 5 nitrogen and oxygen atoms in total. The highest BCUT2D eigenvalue weighted by Gasteiger charge is 2.13. The molecule has 0 saturated carbocycles. The van der Waals surface area contributed by atoms with Gasteiger partial charge in [-0.3, -0.25) is 0 Å². The number of para-hydroxylation sites is 2. The predicted octanol–water partition coefficient (Wildman–Crippen LogP) is 4.22. The van der Waals surface area contributed by atoms with Gasteiger partial charge in [-0.2, -0.15) is 5.26 Å². The Morgan fingerprint density at radius 3 is 2.77 bits per heavy atom. The third kappa shape index (κ3) is 4.11. The third-order valence-electron chi connectivity index (χ3n) is 3.98. The number of nitrogens with zero attached hydrogens (tertiary/aromatic N) is 3. The average Bonchev–Trinajstić information content (AvgIpc) is 3.08. The Kier molecular flexibility index (Phi) is 5.67. The lowest BCUT2D eigenvalue weighted by Gasteiger charge is -2.12. The molecule has 0 aliphatic carbocycles. The zero-order valence-electron chi connectivity index (χ0n) is 15.0. The first kappa shape index (κ1) is 17.7. The maximum atomic E-state index is 9.64. The molecule has 3 rings (SSSR count). The molecule has 1 heterocycles. The van der Waals surface area contributed by atoms with E-state index in [1.807, 2.05) is 62.6 Å². The van der Waals surface area contributed by atoms with Crippen LogP contribution in [0.5, 0.6) is 5.75 Å². The normalized spacial score (nSPS) is 11.7. The lowest BCUT2D eigenvalue weighted by Crippen LogP contribution is -2.15. The molecule has 0 fully saturated rings.